The van der Waals surface area contributed by atoms with Crippen molar-refractivity contribution in [3.05, 3.63) is 64.1 Å². The van der Waals surface area contributed by atoms with Gasteiger partial charge in [-0.2, -0.15) is 0 Å². The van der Waals surface area contributed by atoms with Gasteiger partial charge in [-0.1, -0.05) is 59.1 Å². The van der Waals surface area contributed by atoms with Crippen LogP contribution in [0.4, 0.5) is 0 Å². The van der Waals surface area contributed by atoms with Crippen LogP contribution in [0.3, 0.4) is 0 Å². The number of nitrogens with two attached hydrogens (primary N) is 1. The zero-order valence-electron chi connectivity index (χ0n) is 15.5. The summed E-state index contributed by atoms with van der Waals surface area (Å²) in [6.07, 6.45) is 3.69. The predicted octanol–water partition coefficient (Wildman–Crippen LogP) is 4.13. The van der Waals surface area contributed by atoms with E-state index in [1.54, 1.807) is 4.90 Å². The molecule has 1 amide bonds. The molecule has 5 rings (SSSR count). The summed E-state index contributed by atoms with van der Waals surface area (Å²) < 4.78 is 7.18. The first-order valence-corrected chi connectivity index (χ1v) is 10.5. The standard InChI is InChI=1S/C22H22BrN3O2/c23-16-8-9-18-17(12-16)22(13-19(28-18)15-4-2-1-3-5-15)20(27)26(21(24)25-22)11-10-14-6-7-14/h1-5,8-9,12,14,19H,6-7,10-11,13H2,(H2,24,25). The van der Waals surface area contributed by atoms with E-state index in [-0.39, 0.29) is 12.0 Å². The molecule has 2 atom stereocenters. The Morgan fingerprint density at radius 1 is 1.21 bits per heavy atom. The molecule has 144 valence electrons. The second-order valence-corrected chi connectivity index (χ2v) is 8.80. The molecule has 1 aliphatic carbocycles. The van der Waals surface area contributed by atoms with E-state index in [1.807, 2.05) is 48.5 Å². The summed E-state index contributed by atoms with van der Waals surface area (Å²) in [5.41, 5.74) is 7.06. The van der Waals surface area contributed by atoms with E-state index in [2.05, 4.69) is 15.9 Å². The molecule has 0 bridgehead atoms. The number of carbonyl (C=O) groups is 1. The van der Waals surface area contributed by atoms with Crippen molar-refractivity contribution in [2.24, 2.45) is 16.6 Å². The molecule has 0 saturated heterocycles. The van der Waals surface area contributed by atoms with E-state index < -0.39 is 5.54 Å². The van der Waals surface area contributed by atoms with Crippen molar-refractivity contribution in [3.8, 4) is 5.75 Å². The zero-order chi connectivity index (χ0) is 19.3. The van der Waals surface area contributed by atoms with Crippen molar-refractivity contribution in [2.45, 2.75) is 37.3 Å². The van der Waals surface area contributed by atoms with Crippen LogP contribution in [-0.4, -0.2) is 23.3 Å². The fraction of sp³-hybridized carbons (Fsp3) is 0.364. The molecule has 2 heterocycles. The van der Waals surface area contributed by atoms with Crippen LogP contribution in [0.5, 0.6) is 5.75 Å². The summed E-state index contributed by atoms with van der Waals surface area (Å²) in [7, 11) is 0. The zero-order valence-corrected chi connectivity index (χ0v) is 17.1. The maximum atomic E-state index is 13.6. The van der Waals surface area contributed by atoms with Gasteiger partial charge in [0.15, 0.2) is 11.5 Å². The maximum absolute atomic E-state index is 13.6. The van der Waals surface area contributed by atoms with Crippen LogP contribution in [-0.2, 0) is 10.3 Å². The molecule has 3 aliphatic rings. The van der Waals surface area contributed by atoms with Gasteiger partial charge in [0.05, 0.1) is 0 Å². The Balaban J connectivity index is 1.56. The number of amides is 1. The van der Waals surface area contributed by atoms with Crippen LogP contribution in [0.15, 0.2) is 58.0 Å². The summed E-state index contributed by atoms with van der Waals surface area (Å²) >= 11 is 3.53. The number of benzene rings is 2. The predicted molar refractivity (Wildman–Crippen MR) is 111 cm³/mol. The van der Waals surface area contributed by atoms with E-state index in [4.69, 9.17) is 15.5 Å². The number of rotatable bonds is 4. The number of carbonyl (C=O) groups excluding carboxylic acids is 1. The Kier molecular flexibility index (Phi) is 4.19. The summed E-state index contributed by atoms with van der Waals surface area (Å²) in [5.74, 6) is 1.71. The average Bonchev–Trinajstić information content (AvgIpc) is 3.49. The summed E-state index contributed by atoms with van der Waals surface area (Å²) in [6, 6.07) is 15.8. The molecule has 2 aliphatic heterocycles. The number of hydrogen-bond donors (Lipinski definition) is 1. The number of nitrogens with zero attached hydrogens (tertiary/aromatic N) is 2. The van der Waals surface area contributed by atoms with Gasteiger partial charge in [-0.15, -0.1) is 0 Å². The Hall–Kier alpha value is -2.34. The van der Waals surface area contributed by atoms with E-state index in [9.17, 15) is 4.79 Å². The Bertz CT molecular complexity index is 958. The van der Waals surface area contributed by atoms with Crippen LogP contribution in [0.2, 0.25) is 0 Å². The third-order valence-corrected chi connectivity index (χ3v) is 6.44. The first-order chi connectivity index (χ1) is 13.6. The van der Waals surface area contributed by atoms with Gasteiger partial charge in [0, 0.05) is 23.0 Å². The SMILES string of the molecule is NC1=NC2(CC(c3ccccc3)Oc3ccc(Br)cc32)C(=O)N1CCC1CC1. The highest BCUT2D eigenvalue weighted by molar-refractivity contribution is 9.10. The average molecular weight is 440 g/mol. The molecular formula is C22H22BrN3O2. The highest BCUT2D eigenvalue weighted by atomic mass is 79.9. The highest BCUT2D eigenvalue weighted by Gasteiger charge is 2.54. The quantitative estimate of drug-likeness (QED) is 0.778. The van der Waals surface area contributed by atoms with Crippen molar-refractivity contribution >= 4 is 27.8 Å². The van der Waals surface area contributed by atoms with E-state index in [0.29, 0.717) is 24.7 Å². The molecule has 5 nitrogen and oxygen atoms in total. The van der Waals surface area contributed by atoms with Crippen LogP contribution in [0.1, 0.15) is 42.9 Å². The summed E-state index contributed by atoms with van der Waals surface area (Å²) in [5, 5.41) is 0. The van der Waals surface area contributed by atoms with E-state index >= 15 is 0 Å². The Labute approximate surface area is 172 Å². The number of aliphatic imine (C=N–C) groups is 1. The minimum absolute atomic E-state index is 0.0331. The molecule has 1 saturated carbocycles. The monoisotopic (exact) mass is 439 g/mol. The lowest BCUT2D eigenvalue weighted by molar-refractivity contribution is -0.133. The smallest absolute Gasteiger partial charge is 0.262 e. The second kappa shape index (κ2) is 6.62. The third kappa shape index (κ3) is 2.91. The molecular weight excluding hydrogens is 418 g/mol. The van der Waals surface area contributed by atoms with Crippen molar-refractivity contribution in [1.82, 2.24) is 4.90 Å². The van der Waals surface area contributed by atoms with Gasteiger partial charge in [-0.3, -0.25) is 9.69 Å². The number of hydrogen-bond acceptors (Lipinski definition) is 4. The molecule has 0 aromatic heterocycles. The molecule has 6 heteroatoms. The van der Waals surface area contributed by atoms with E-state index in [1.165, 1.54) is 12.8 Å². The van der Waals surface area contributed by atoms with Gasteiger partial charge in [-0.25, -0.2) is 4.99 Å². The lowest BCUT2D eigenvalue weighted by Crippen LogP contribution is -2.45. The largest absolute Gasteiger partial charge is 0.485 e. The van der Waals surface area contributed by atoms with Crippen LogP contribution in [0.25, 0.3) is 0 Å². The van der Waals surface area contributed by atoms with Gasteiger partial charge in [0.2, 0.25) is 0 Å². The Morgan fingerprint density at radius 2 is 2.00 bits per heavy atom. The molecule has 1 spiro atoms. The summed E-state index contributed by atoms with van der Waals surface area (Å²) in [6.45, 7) is 0.640. The fourth-order valence-electron chi connectivity index (χ4n) is 4.23. The van der Waals surface area contributed by atoms with Gasteiger partial charge in [0.1, 0.15) is 11.9 Å². The number of halogens is 1. The molecule has 2 aromatic rings. The van der Waals surface area contributed by atoms with Gasteiger partial charge in [-0.05, 0) is 36.1 Å². The highest BCUT2D eigenvalue weighted by Crippen LogP contribution is 2.50. The van der Waals surface area contributed by atoms with Gasteiger partial charge < -0.3 is 10.5 Å². The normalized spacial score (nSPS) is 26.2. The van der Waals surface area contributed by atoms with E-state index in [0.717, 1.165) is 27.9 Å². The van der Waals surface area contributed by atoms with Crippen LogP contribution in [0, 0.1) is 5.92 Å². The number of guanidine groups is 1. The lowest BCUT2D eigenvalue weighted by atomic mass is 9.80. The van der Waals surface area contributed by atoms with Crippen LogP contribution >= 0.6 is 15.9 Å². The molecule has 28 heavy (non-hydrogen) atoms. The first-order valence-electron chi connectivity index (χ1n) is 9.76. The Morgan fingerprint density at radius 3 is 2.75 bits per heavy atom. The lowest BCUT2D eigenvalue weighted by Gasteiger charge is -2.37. The number of fused-ring (bicyclic) bond motifs is 2. The minimum Gasteiger partial charge on any atom is -0.485 e. The fourth-order valence-corrected chi connectivity index (χ4v) is 4.59. The maximum Gasteiger partial charge on any atom is 0.262 e. The molecule has 2 aromatic carbocycles. The van der Waals surface area contributed by atoms with Crippen molar-refractivity contribution < 1.29 is 9.53 Å². The van der Waals surface area contributed by atoms with Gasteiger partial charge in [0.25, 0.3) is 5.91 Å². The van der Waals surface area contributed by atoms with Crippen molar-refractivity contribution in [3.63, 3.8) is 0 Å². The van der Waals surface area contributed by atoms with Crippen LogP contribution < -0.4 is 10.5 Å². The minimum atomic E-state index is -1.02. The molecule has 0 radical (unpaired) electrons. The second-order valence-electron chi connectivity index (χ2n) is 7.88. The topological polar surface area (TPSA) is 67.9 Å². The number of ether oxygens (including phenoxy) is 1. The molecule has 1 fully saturated rings. The van der Waals surface area contributed by atoms with Crippen molar-refractivity contribution in [1.29, 1.82) is 0 Å². The summed E-state index contributed by atoms with van der Waals surface area (Å²) in [4.78, 5) is 20.1. The third-order valence-electron chi connectivity index (χ3n) is 5.95. The molecule has 2 unspecified atom stereocenters. The molecule has 2 N–H and O–H groups in total. The van der Waals surface area contributed by atoms with Gasteiger partial charge >= 0.3 is 0 Å². The first kappa shape index (κ1) is 17.7. The van der Waals surface area contributed by atoms with Crippen molar-refractivity contribution in [2.75, 3.05) is 6.54 Å².